The molecule has 0 unspecified atom stereocenters. The molecule has 0 aromatic carbocycles. The molecule has 110 valence electrons. The van der Waals surface area contributed by atoms with E-state index in [4.69, 9.17) is 5.73 Å². The third-order valence-electron chi connectivity index (χ3n) is 4.75. The number of hydrogen-bond acceptors (Lipinski definition) is 3. The first kappa shape index (κ1) is 14.8. The summed E-state index contributed by atoms with van der Waals surface area (Å²) in [6.07, 6.45) is 6.95. The average molecular weight is 267 g/mol. The summed E-state index contributed by atoms with van der Waals surface area (Å²) in [6, 6.07) is 0.283. The van der Waals surface area contributed by atoms with Crippen molar-refractivity contribution in [3.8, 4) is 0 Å². The summed E-state index contributed by atoms with van der Waals surface area (Å²) in [5.74, 6) is 0.293. The molecule has 4 heteroatoms. The predicted octanol–water partition coefficient (Wildman–Crippen LogP) is 1.59. The van der Waals surface area contributed by atoms with Crippen LogP contribution in [0.5, 0.6) is 0 Å². The van der Waals surface area contributed by atoms with Crippen LogP contribution in [0.25, 0.3) is 0 Å². The maximum atomic E-state index is 12.8. The van der Waals surface area contributed by atoms with Crippen molar-refractivity contribution in [2.24, 2.45) is 5.73 Å². The minimum Gasteiger partial charge on any atom is -0.341 e. The number of rotatable bonds is 2. The molecule has 19 heavy (non-hydrogen) atoms. The molecular formula is C15H29N3O. The summed E-state index contributed by atoms with van der Waals surface area (Å²) in [5, 5.41) is 0. The lowest BCUT2D eigenvalue weighted by atomic mass is 9.97. The second kappa shape index (κ2) is 6.23. The lowest BCUT2D eigenvalue weighted by Gasteiger charge is -2.42. The van der Waals surface area contributed by atoms with Crippen LogP contribution in [0.2, 0.25) is 0 Å². The molecule has 2 heterocycles. The van der Waals surface area contributed by atoms with E-state index in [2.05, 4.69) is 18.7 Å². The Hall–Kier alpha value is -0.610. The van der Waals surface area contributed by atoms with Gasteiger partial charge in [0.1, 0.15) is 0 Å². The fourth-order valence-corrected chi connectivity index (χ4v) is 3.25. The van der Waals surface area contributed by atoms with Crippen molar-refractivity contribution in [2.45, 2.75) is 64.0 Å². The minimum atomic E-state index is -0.355. The molecule has 2 fully saturated rings. The lowest BCUT2D eigenvalue weighted by Crippen LogP contribution is -2.58. The summed E-state index contributed by atoms with van der Waals surface area (Å²) in [7, 11) is 0. The minimum absolute atomic E-state index is 0.283. The Kier molecular flexibility index (Phi) is 4.85. The van der Waals surface area contributed by atoms with Crippen molar-refractivity contribution in [2.75, 3.05) is 26.2 Å². The van der Waals surface area contributed by atoms with Crippen LogP contribution in [0.3, 0.4) is 0 Å². The standard InChI is InChI=1S/C15H29N3O/c1-15(2,18-9-5-3-4-6-10-18)14(19)17-11-7-13(16)8-12-17/h13H,3-12,16H2,1-2H3. The zero-order chi connectivity index (χ0) is 13.9. The van der Waals surface area contributed by atoms with Crippen LogP contribution < -0.4 is 5.73 Å². The van der Waals surface area contributed by atoms with Gasteiger partial charge in [-0.1, -0.05) is 12.8 Å². The third kappa shape index (κ3) is 3.48. The number of nitrogens with zero attached hydrogens (tertiary/aromatic N) is 2. The highest BCUT2D eigenvalue weighted by Gasteiger charge is 2.38. The Balaban J connectivity index is 1.98. The first-order valence-electron chi connectivity index (χ1n) is 7.82. The van der Waals surface area contributed by atoms with E-state index < -0.39 is 0 Å². The van der Waals surface area contributed by atoms with Gasteiger partial charge in [-0.15, -0.1) is 0 Å². The summed E-state index contributed by atoms with van der Waals surface area (Å²) in [5.41, 5.74) is 5.57. The van der Waals surface area contributed by atoms with E-state index in [1.807, 2.05) is 4.90 Å². The second-order valence-corrected chi connectivity index (χ2v) is 6.59. The maximum absolute atomic E-state index is 12.8. The van der Waals surface area contributed by atoms with Gasteiger partial charge in [-0.3, -0.25) is 9.69 Å². The van der Waals surface area contributed by atoms with Crippen molar-refractivity contribution in [1.82, 2.24) is 9.80 Å². The van der Waals surface area contributed by atoms with E-state index in [-0.39, 0.29) is 11.6 Å². The van der Waals surface area contributed by atoms with E-state index >= 15 is 0 Å². The molecule has 2 saturated heterocycles. The highest BCUT2D eigenvalue weighted by atomic mass is 16.2. The summed E-state index contributed by atoms with van der Waals surface area (Å²) in [4.78, 5) is 17.2. The largest absolute Gasteiger partial charge is 0.341 e. The van der Waals surface area contributed by atoms with E-state index in [1.54, 1.807) is 0 Å². The van der Waals surface area contributed by atoms with Gasteiger partial charge in [0.25, 0.3) is 0 Å². The molecule has 0 spiro atoms. The molecule has 4 nitrogen and oxygen atoms in total. The van der Waals surface area contributed by atoms with Gasteiger partial charge in [-0.05, 0) is 52.6 Å². The molecule has 2 rings (SSSR count). The van der Waals surface area contributed by atoms with Crippen LogP contribution in [-0.2, 0) is 4.79 Å². The normalized spacial score (nSPS) is 24.3. The molecule has 2 aliphatic heterocycles. The molecule has 0 aromatic rings. The average Bonchev–Trinajstić information content (AvgIpc) is 2.68. The van der Waals surface area contributed by atoms with Gasteiger partial charge in [0, 0.05) is 19.1 Å². The number of amides is 1. The topological polar surface area (TPSA) is 49.6 Å². The maximum Gasteiger partial charge on any atom is 0.242 e. The SMILES string of the molecule is CC(C)(C(=O)N1CCC(N)CC1)N1CCCCCC1. The Morgan fingerprint density at radius 1 is 1.00 bits per heavy atom. The van der Waals surface area contributed by atoms with Crippen molar-refractivity contribution >= 4 is 5.91 Å². The number of nitrogens with two attached hydrogens (primary N) is 1. The fraction of sp³-hybridized carbons (Fsp3) is 0.933. The Labute approximate surface area is 117 Å². The molecule has 0 aliphatic carbocycles. The van der Waals surface area contributed by atoms with Gasteiger partial charge in [-0.2, -0.15) is 0 Å². The van der Waals surface area contributed by atoms with E-state index in [1.165, 1.54) is 25.7 Å². The Bertz CT molecular complexity index is 301. The quantitative estimate of drug-likeness (QED) is 0.826. The zero-order valence-corrected chi connectivity index (χ0v) is 12.5. The van der Waals surface area contributed by atoms with E-state index in [0.717, 1.165) is 39.0 Å². The van der Waals surface area contributed by atoms with Crippen LogP contribution in [0.4, 0.5) is 0 Å². The summed E-state index contributed by atoms with van der Waals surface area (Å²) in [6.45, 7) is 7.97. The monoisotopic (exact) mass is 267 g/mol. The van der Waals surface area contributed by atoms with E-state index in [0.29, 0.717) is 5.91 Å². The molecule has 0 atom stereocenters. The molecule has 2 N–H and O–H groups in total. The van der Waals surface area contributed by atoms with Crippen LogP contribution in [0.1, 0.15) is 52.4 Å². The number of likely N-dealkylation sites (tertiary alicyclic amines) is 2. The van der Waals surface area contributed by atoms with Crippen LogP contribution in [0, 0.1) is 0 Å². The molecule has 0 saturated carbocycles. The lowest BCUT2D eigenvalue weighted by molar-refractivity contribution is -0.143. The predicted molar refractivity (Wildman–Crippen MR) is 77.9 cm³/mol. The molecule has 2 aliphatic rings. The molecule has 0 aromatic heterocycles. The van der Waals surface area contributed by atoms with Gasteiger partial charge < -0.3 is 10.6 Å². The number of piperidine rings is 1. The van der Waals surface area contributed by atoms with Gasteiger partial charge in [0.2, 0.25) is 5.91 Å². The van der Waals surface area contributed by atoms with Crippen molar-refractivity contribution < 1.29 is 4.79 Å². The molecule has 1 amide bonds. The molecule has 0 radical (unpaired) electrons. The number of hydrogen-bond donors (Lipinski definition) is 1. The van der Waals surface area contributed by atoms with Gasteiger partial charge in [0.05, 0.1) is 5.54 Å². The smallest absolute Gasteiger partial charge is 0.242 e. The first-order chi connectivity index (χ1) is 9.01. The molecule has 0 bridgehead atoms. The van der Waals surface area contributed by atoms with E-state index in [9.17, 15) is 4.79 Å². The van der Waals surface area contributed by atoms with Gasteiger partial charge >= 0.3 is 0 Å². The van der Waals surface area contributed by atoms with Gasteiger partial charge in [0.15, 0.2) is 0 Å². The van der Waals surface area contributed by atoms with Crippen molar-refractivity contribution in [3.05, 3.63) is 0 Å². The second-order valence-electron chi connectivity index (χ2n) is 6.59. The third-order valence-corrected chi connectivity index (χ3v) is 4.75. The fourth-order valence-electron chi connectivity index (χ4n) is 3.25. The highest BCUT2D eigenvalue weighted by Crippen LogP contribution is 2.24. The van der Waals surface area contributed by atoms with Crippen molar-refractivity contribution in [1.29, 1.82) is 0 Å². The van der Waals surface area contributed by atoms with Crippen LogP contribution in [-0.4, -0.2) is 53.5 Å². The van der Waals surface area contributed by atoms with Gasteiger partial charge in [-0.25, -0.2) is 0 Å². The Morgan fingerprint density at radius 2 is 1.53 bits per heavy atom. The summed E-state index contributed by atoms with van der Waals surface area (Å²) >= 11 is 0. The number of carbonyl (C=O) groups is 1. The Morgan fingerprint density at radius 3 is 2.05 bits per heavy atom. The highest BCUT2D eigenvalue weighted by molar-refractivity contribution is 5.85. The summed E-state index contributed by atoms with van der Waals surface area (Å²) < 4.78 is 0. The zero-order valence-electron chi connectivity index (χ0n) is 12.5. The van der Waals surface area contributed by atoms with Crippen LogP contribution >= 0.6 is 0 Å². The van der Waals surface area contributed by atoms with Crippen LogP contribution in [0.15, 0.2) is 0 Å². The van der Waals surface area contributed by atoms with Crippen molar-refractivity contribution in [3.63, 3.8) is 0 Å². The molecular weight excluding hydrogens is 238 g/mol. The number of carbonyl (C=O) groups excluding carboxylic acids is 1. The first-order valence-corrected chi connectivity index (χ1v) is 7.82.